The lowest BCUT2D eigenvalue weighted by Crippen LogP contribution is -2.47. The van der Waals surface area contributed by atoms with E-state index in [1.807, 2.05) is 11.0 Å². The van der Waals surface area contributed by atoms with Crippen LogP contribution in [0.3, 0.4) is 0 Å². The van der Waals surface area contributed by atoms with Gasteiger partial charge in [-0.1, -0.05) is 0 Å². The third-order valence-corrected chi connectivity index (χ3v) is 5.38. The van der Waals surface area contributed by atoms with Crippen LogP contribution in [0.1, 0.15) is 51.1 Å². The molecule has 2 fully saturated rings. The number of likely N-dealkylation sites (tertiary alicyclic amines) is 2. The number of rotatable bonds is 4. The third kappa shape index (κ3) is 4.04. The minimum atomic E-state index is 0.314. The molecule has 1 atom stereocenters. The van der Waals surface area contributed by atoms with Crippen LogP contribution in [0, 0.1) is 5.92 Å². The normalized spacial score (nSPS) is 23.9. The number of carbonyl (C=O) groups excluding carboxylic acids is 1. The van der Waals surface area contributed by atoms with E-state index in [0.29, 0.717) is 36.2 Å². The Morgan fingerprint density at radius 2 is 2.04 bits per heavy atom. The maximum Gasteiger partial charge on any atom is 0.222 e. The molecule has 2 N–H and O–H groups in total. The molecular weight excluding hydrogens is 302 g/mol. The Morgan fingerprint density at radius 1 is 1.29 bits per heavy atom. The molecule has 0 aliphatic carbocycles. The number of piperidine rings is 2. The summed E-state index contributed by atoms with van der Waals surface area (Å²) in [5, 5.41) is 0. The number of hydrogen-bond donors (Lipinski definition) is 1. The molecule has 1 unspecified atom stereocenters. The molecule has 0 spiro atoms. The van der Waals surface area contributed by atoms with Gasteiger partial charge in [-0.15, -0.1) is 0 Å². The quantitative estimate of drug-likeness (QED) is 0.912. The van der Waals surface area contributed by atoms with Gasteiger partial charge in [-0.3, -0.25) is 4.79 Å². The number of amides is 1. The molecule has 0 bridgehead atoms. The van der Waals surface area contributed by atoms with E-state index >= 15 is 0 Å². The van der Waals surface area contributed by atoms with Crippen molar-refractivity contribution in [1.82, 2.24) is 19.8 Å². The lowest BCUT2D eigenvalue weighted by Gasteiger charge is -2.39. The van der Waals surface area contributed by atoms with Gasteiger partial charge in [-0.25, -0.2) is 9.97 Å². The summed E-state index contributed by atoms with van der Waals surface area (Å²) in [5.41, 5.74) is 6.78. The number of nitrogens with zero attached hydrogens (tertiary/aromatic N) is 4. The minimum Gasteiger partial charge on any atom is -0.368 e. The van der Waals surface area contributed by atoms with Crippen LogP contribution in [0.2, 0.25) is 0 Å². The highest BCUT2D eigenvalue weighted by Crippen LogP contribution is 2.28. The summed E-state index contributed by atoms with van der Waals surface area (Å²) in [6, 6.07) is 2.30. The monoisotopic (exact) mass is 331 g/mol. The number of nitrogens with two attached hydrogens (primary N) is 1. The van der Waals surface area contributed by atoms with Crippen molar-refractivity contribution in [3.8, 4) is 0 Å². The highest BCUT2D eigenvalue weighted by molar-refractivity contribution is 5.77. The predicted octanol–water partition coefficient (Wildman–Crippen LogP) is 1.89. The first-order valence-corrected chi connectivity index (χ1v) is 9.13. The molecule has 0 radical (unpaired) electrons. The van der Waals surface area contributed by atoms with Crippen molar-refractivity contribution < 1.29 is 4.79 Å². The third-order valence-electron chi connectivity index (χ3n) is 5.38. The van der Waals surface area contributed by atoms with Gasteiger partial charge in [0, 0.05) is 43.4 Å². The largest absolute Gasteiger partial charge is 0.368 e. The number of nitrogen functional groups attached to an aromatic ring is 1. The number of carbonyl (C=O) groups is 1. The summed E-state index contributed by atoms with van der Waals surface area (Å²) < 4.78 is 0. The molecule has 6 nitrogen and oxygen atoms in total. The fourth-order valence-corrected chi connectivity index (χ4v) is 3.98. The van der Waals surface area contributed by atoms with Crippen LogP contribution < -0.4 is 5.73 Å². The zero-order valence-electron chi connectivity index (χ0n) is 14.8. The van der Waals surface area contributed by atoms with E-state index in [1.165, 1.54) is 0 Å². The SMILES string of the molecule is CC(C)N1CC(CN2CCC(c3ccnc(N)n3)CC2)CCC1=O. The Labute approximate surface area is 144 Å². The Bertz CT molecular complexity index is 568. The summed E-state index contributed by atoms with van der Waals surface area (Å²) in [6.45, 7) is 8.44. The van der Waals surface area contributed by atoms with E-state index in [1.54, 1.807) is 6.20 Å². The molecule has 2 aliphatic heterocycles. The summed E-state index contributed by atoms with van der Waals surface area (Å²) in [5.74, 6) is 1.79. The highest BCUT2D eigenvalue weighted by Gasteiger charge is 2.30. The Balaban J connectivity index is 1.49. The Morgan fingerprint density at radius 3 is 2.71 bits per heavy atom. The molecule has 0 aromatic carbocycles. The van der Waals surface area contributed by atoms with Gasteiger partial charge in [0.15, 0.2) is 0 Å². The van der Waals surface area contributed by atoms with Crippen LogP contribution in [0.4, 0.5) is 5.95 Å². The topological polar surface area (TPSA) is 75.3 Å². The van der Waals surface area contributed by atoms with Crippen LogP contribution >= 0.6 is 0 Å². The first kappa shape index (κ1) is 17.1. The van der Waals surface area contributed by atoms with E-state index in [-0.39, 0.29) is 0 Å². The first-order chi connectivity index (χ1) is 11.5. The van der Waals surface area contributed by atoms with Crippen molar-refractivity contribution in [2.75, 3.05) is 31.9 Å². The molecule has 132 valence electrons. The second-order valence-electron chi connectivity index (χ2n) is 7.46. The van der Waals surface area contributed by atoms with Gasteiger partial charge < -0.3 is 15.5 Å². The summed E-state index contributed by atoms with van der Waals surface area (Å²) in [7, 11) is 0. The maximum atomic E-state index is 12.0. The van der Waals surface area contributed by atoms with E-state index in [4.69, 9.17) is 5.73 Å². The standard InChI is InChI=1S/C18H29N5O/c1-13(2)23-12-14(3-4-17(23)24)11-22-9-6-15(7-10-22)16-5-8-20-18(19)21-16/h5,8,13-15H,3-4,6-7,9-12H2,1-2H3,(H2,19,20,21). The predicted molar refractivity (Wildman–Crippen MR) is 94.4 cm³/mol. The van der Waals surface area contributed by atoms with Crippen LogP contribution in [0.15, 0.2) is 12.3 Å². The second kappa shape index (κ2) is 7.47. The van der Waals surface area contributed by atoms with Crippen LogP contribution in [0.5, 0.6) is 0 Å². The molecule has 3 heterocycles. The molecule has 6 heteroatoms. The molecular formula is C18H29N5O. The first-order valence-electron chi connectivity index (χ1n) is 9.13. The van der Waals surface area contributed by atoms with E-state index in [2.05, 4.69) is 28.7 Å². The fourth-order valence-electron chi connectivity index (χ4n) is 3.98. The second-order valence-corrected chi connectivity index (χ2v) is 7.46. The lowest BCUT2D eigenvalue weighted by atomic mass is 9.91. The van der Waals surface area contributed by atoms with Crippen LogP contribution in [0.25, 0.3) is 0 Å². The Kier molecular flexibility index (Phi) is 5.33. The van der Waals surface area contributed by atoms with Gasteiger partial charge in [-0.2, -0.15) is 0 Å². The summed E-state index contributed by atoms with van der Waals surface area (Å²) >= 11 is 0. The fraction of sp³-hybridized carbons (Fsp3) is 0.722. The van der Waals surface area contributed by atoms with E-state index in [0.717, 1.165) is 51.1 Å². The number of aromatic nitrogens is 2. The van der Waals surface area contributed by atoms with Crippen molar-refractivity contribution >= 4 is 11.9 Å². The Hall–Kier alpha value is -1.69. The molecule has 1 amide bonds. The molecule has 2 aliphatic rings. The van der Waals surface area contributed by atoms with Gasteiger partial charge in [0.1, 0.15) is 0 Å². The molecule has 0 saturated carbocycles. The summed E-state index contributed by atoms with van der Waals surface area (Å²) in [4.78, 5) is 25.0. The number of anilines is 1. The molecule has 3 rings (SSSR count). The van der Waals surface area contributed by atoms with Crippen molar-refractivity contribution in [3.05, 3.63) is 18.0 Å². The van der Waals surface area contributed by atoms with E-state index in [9.17, 15) is 4.79 Å². The van der Waals surface area contributed by atoms with Gasteiger partial charge in [-0.05, 0) is 58.2 Å². The zero-order valence-corrected chi connectivity index (χ0v) is 14.8. The summed E-state index contributed by atoms with van der Waals surface area (Å²) in [6.07, 6.45) is 5.74. The minimum absolute atomic E-state index is 0.314. The van der Waals surface area contributed by atoms with Gasteiger partial charge >= 0.3 is 0 Å². The average molecular weight is 331 g/mol. The van der Waals surface area contributed by atoms with Crippen molar-refractivity contribution in [2.45, 2.75) is 51.5 Å². The van der Waals surface area contributed by atoms with Crippen molar-refractivity contribution in [2.24, 2.45) is 5.92 Å². The lowest BCUT2D eigenvalue weighted by molar-refractivity contribution is -0.137. The van der Waals surface area contributed by atoms with Gasteiger partial charge in [0.05, 0.1) is 0 Å². The molecule has 1 aromatic heterocycles. The molecule has 1 aromatic rings. The van der Waals surface area contributed by atoms with Crippen LogP contribution in [-0.2, 0) is 4.79 Å². The maximum absolute atomic E-state index is 12.0. The van der Waals surface area contributed by atoms with Crippen molar-refractivity contribution in [3.63, 3.8) is 0 Å². The van der Waals surface area contributed by atoms with Crippen LogP contribution in [-0.4, -0.2) is 57.9 Å². The number of hydrogen-bond acceptors (Lipinski definition) is 5. The van der Waals surface area contributed by atoms with Gasteiger partial charge in [0.25, 0.3) is 0 Å². The smallest absolute Gasteiger partial charge is 0.222 e. The van der Waals surface area contributed by atoms with Crippen molar-refractivity contribution in [1.29, 1.82) is 0 Å². The van der Waals surface area contributed by atoms with E-state index < -0.39 is 0 Å². The average Bonchev–Trinajstić information content (AvgIpc) is 2.57. The van der Waals surface area contributed by atoms with Gasteiger partial charge in [0.2, 0.25) is 11.9 Å². The molecule has 24 heavy (non-hydrogen) atoms. The highest BCUT2D eigenvalue weighted by atomic mass is 16.2. The molecule has 2 saturated heterocycles. The zero-order chi connectivity index (χ0) is 17.1.